The highest BCUT2D eigenvalue weighted by molar-refractivity contribution is 6.36. The van der Waals surface area contributed by atoms with Crippen molar-refractivity contribution in [2.45, 2.75) is 18.9 Å². The first-order chi connectivity index (χ1) is 10.6. The van der Waals surface area contributed by atoms with E-state index in [0.29, 0.717) is 22.5 Å². The molecule has 116 valence electrons. The van der Waals surface area contributed by atoms with Crippen LogP contribution in [0, 0.1) is 17.2 Å². The first-order valence-electron chi connectivity index (χ1n) is 7.30. The van der Waals surface area contributed by atoms with Crippen molar-refractivity contribution in [3.8, 4) is 6.07 Å². The van der Waals surface area contributed by atoms with E-state index in [-0.39, 0.29) is 5.69 Å². The topological polar surface area (TPSA) is 88.4 Å². The van der Waals surface area contributed by atoms with Crippen LogP contribution in [0.15, 0.2) is 12.1 Å². The van der Waals surface area contributed by atoms with Crippen molar-refractivity contribution < 1.29 is 9.90 Å². The average Bonchev–Trinajstić information content (AvgIpc) is 2.92. The number of hydrogen-bond donors (Lipinski definition) is 3. The SMILES string of the molecule is N#Cc1cc(NC(=O)O)c(Cl)c(N2C[C@@H]3CCCN[C@@H]3C2)c1. The Kier molecular flexibility index (Phi) is 4.10. The molecular formula is C15H17ClN4O2. The normalized spacial score (nSPS) is 23.7. The zero-order chi connectivity index (χ0) is 15.7. The molecule has 1 aromatic carbocycles. The third-order valence-electron chi connectivity index (χ3n) is 4.36. The van der Waals surface area contributed by atoms with Crippen molar-refractivity contribution in [2.24, 2.45) is 5.92 Å². The Balaban J connectivity index is 1.92. The summed E-state index contributed by atoms with van der Waals surface area (Å²) in [4.78, 5) is 13.0. The summed E-state index contributed by atoms with van der Waals surface area (Å²) in [6, 6.07) is 5.69. The van der Waals surface area contributed by atoms with Crippen molar-refractivity contribution in [3.05, 3.63) is 22.7 Å². The minimum absolute atomic E-state index is 0.256. The quantitative estimate of drug-likeness (QED) is 0.779. The van der Waals surface area contributed by atoms with Gasteiger partial charge in [0.15, 0.2) is 0 Å². The van der Waals surface area contributed by atoms with Gasteiger partial charge < -0.3 is 15.3 Å². The zero-order valence-electron chi connectivity index (χ0n) is 12.0. The standard InChI is InChI=1S/C15H17ClN4O2/c16-14-11(19-15(21)22)4-9(6-17)5-13(14)20-7-10-2-1-3-18-12(10)8-20/h4-5,10,12,18-19H,1-3,7-8H2,(H,21,22)/t10-,12+/m0/s1. The summed E-state index contributed by atoms with van der Waals surface area (Å²) in [7, 11) is 0. The van der Waals surface area contributed by atoms with Gasteiger partial charge in [0.2, 0.25) is 0 Å². The number of nitrogens with one attached hydrogen (secondary N) is 2. The molecule has 7 heteroatoms. The lowest BCUT2D eigenvalue weighted by atomic mass is 9.94. The third kappa shape index (κ3) is 2.82. The second-order valence-corrected chi connectivity index (χ2v) is 6.14. The molecule has 1 aromatic rings. The molecule has 1 amide bonds. The van der Waals surface area contributed by atoms with Gasteiger partial charge in [-0.2, -0.15) is 5.26 Å². The minimum Gasteiger partial charge on any atom is -0.465 e. The molecule has 0 bridgehead atoms. The number of halogens is 1. The van der Waals surface area contributed by atoms with Crippen molar-refractivity contribution in [3.63, 3.8) is 0 Å². The Morgan fingerprint density at radius 2 is 2.32 bits per heavy atom. The van der Waals surface area contributed by atoms with Gasteiger partial charge in [0.1, 0.15) is 0 Å². The van der Waals surface area contributed by atoms with Gasteiger partial charge in [-0.25, -0.2) is 4.79 Å². The fraction of sp³-hybridized carbons (Fsp3) is 0.467. The van der Waals surface area contributed by atoms with Crippen LogP contribution in [0.1, 0.15) is 18.4 Å². The first kappa shape index (κ1) is 14.9. The minimum atomic E-state index is -1.19. The van der Waals surface area contributed by atoms with Gasteiger partial charge in [0, 0.05) is 19.1 Å². The lowest BCUT2D eigenvalue weighted by Gasteiger charge is -2.24. The van der Waals surface area contributed by atoms with E-state index in [1.165, 1.54) is 18.9 Å². The summed E-state index contributed by atoms with van der Waals surface area (Å²) in [5.74, 6) is 0.575. The summed E-state index contributed by atoms with van der Waals surface area (Å²) in [6.45, 7) is 2.73. The number of hydrogen-bond acceptors (Lipinski definition) is 4. The molecule has 0 saturated carbocycles. The van der Waals surface area contributed by atoms with E-state index in [9.17, 15) is 4.79 Å². The maximum Gasteiger partial charge on any atom is 0.409 e. The molecule has 2 heterocycles. The molecule has 2 saturated heterocycles. The smallest absolute Gasteiger partial charge is 0.409 e. The van der Waals surface area contributed by atoms with Gasteiger partial charge in [0.25, 0.3) is 0 Å². The van der Waals surface area contributed by atoms with Crippen molar-refractivity contribution in [2.75, 3.05) is 29.9 Å². The number of anilines is 2. The van der Waals surface area contributed by atoms with Crippen molar-refractivity contribution in [1.82, 2.24) is 5.32 Å². The third-order valence-corrected chi connectivity index (χ3v) is 4.76. The number of amides is 1. The molecule has 2 fully saturated rings. The molecule has 0 aliphatic carbocycles. The lowest BCUT2D eigenvalue weighted by Crippen LogP contribution is -2.40. The molecule has 3 N–H and O–H groups in total. The fourth-order valence-corrected chi connectivity index (χ4v) is 3.63. The molecule has 2 aliphatic heterocycles. The summed E-state index contributed by atoms with van der Waals surface area (Å²) < 4.78 is 0. The van der Waals surface area contributed by atoms with Gasteiger partial charge in [-0.05, 0) is 37.4 Å². The largest absolute Gasteiger partial charge is 0.465 e. The maximum atomic E-state index is 10.9. The maximum absolute atomic E-state index is 10.9. The van der Waals surface area contributed by atoms with Crippen LogP contribution in [-0.2, 0) is 0 Å². The number of rotatable bonds is 2. The number of piperidine rings is 1. The molecule has 2 aliphatic rings. The van der Waals surface area contributed by atoms with Crippen LogP contribution in [-0.4, -0.2) is 36.9 Å². The van der Waals surface area contributed by atoms with E-state index in [2.05, 4.69) is 21.6 Å². The van der Waals surface area contributed by atoms with E-state index >= 15 is 0 Å². The molecule has 22 heavy (non-hydrogen) atoms. The van der Waals surface area contributed by atoms with E-state index in [4.69, 9.17) is 22.0 Å². The number of nitrogens with zero attached hydrogens (tertiary/aromatic N) is 2. The lowest BCUT2D eigenvalue weighted by molar-refractivity contribution is 0.210. The van der Waals surface area contributed by atoms with Crippen molar-refractivity contribution in [1.29, 1.82) is 5.26 Å². The number of carbonyl (C=O) groups is 1. The van der Waals surface area contributed by atoms with E-state index in [1.807, 2.05) is 0 Å². The highest BCUT2D eigenvalue weighted by Gasteiger charge is 2.35. The predicted octanol–water partition coefficient (Wildman–Crippen LogP) is 2.49. The molecule has 3 rings (SSSR count). The summed E-state index contributed by atoms with van der Waals surface area (Å²) in [5.41, 5.74) is 1.37. The summed E-state index contributed by atoms with van der Waals surface area (Å²) in [6.07, 6.45) is 1.16. The molecule has 6 nitrogen and oxygen atoms in total. The second kappa shape index (κ2) is 6.03. The van der Waals surface area contributed by atoms with Crippen LogP contribution in [0.2, 0.25) is 5.02 Å². The summed E-state index contributed by atoms with van der Waals surface area (Å²) >= 11 is 6.36. The summed E-state index contributed by atoms with van der Waals surface area (Å²) in [5, 5.41) is 24.2. The predicted molar refractivity (Wildman–Crippen MR) is 84.5 cm³/mol. The molecular weight excluding hydrogens is 304 g/mol. The van der Waals surface area contributed by atoms with Gasteiger partial charge in [-0.15, -0.1) is 0 Å². The Labute approximate surface area is 133 Å². The number of fused-ring (bicyclic) bond motifs is 1. The van der Waals surface area contributed by atoms with Gasteiger partial charge in [0.05, 0.1) is 28.0 Å². The average molecular weight is 321 g/mol. The van der Waals surface area contributed by atoms with Crippen LogP contribution >= 0.6 is 11.6 Å². The highest BCUT2D eigenvalue weighted by Crippen LogP contribution is 2.38. The molecule has 0 unspecified atom stereocenters. The Morgan fingerprint density at radius 1 is 1.50 bits per heavy atom. The zero-order valence-corrected chi connectivity index (χ0v) is 12.7. The molecule has 0 radical (unpaired) electrons. The number of nitriles is 1. The van der Waals surface area contributed by atoms with Gasteiger partial charge in [-0.3, -0.25) is 5.32 Å². The number of benzene rings is 1. The van der Waals surface area contributed by atoms with Crippen LogP contribution in [0.5, 0.6) is 0 Å². The van der Waals surface area contributed by atoms with Crippen LogP contribution < -0.4 is 15.5 Å². The fourth-order valence-electron chi connectivity index (χ4n) is 3.35. The van der Waals surface area contributed by atoms with Crippen LogP contribution in [0.25, 0.3) is 0 Å². The number of carboxylic acid groups (broad SMARTS) is 1. The molecule has 0 spiro atoms. The van der Waals surface area contributed by atoms with E-state index in [1.54, 1.807) is 6.07 Å². The Morgan fingerprint density at radius 3 is 3.00 bits per heavy atom. The molecule has 0 aromatic heterocycles. The van der Waals surface area contributed by atoms with E-state index in [0.717, 1.165) is 25.3 Å². The molecule has 2 atom stereocenters. The van der Waals surface area contributed by atoms with Crippen LogP contribution in [0.4, 0.5) is 16.2 Å². The Bertz CT molecular complexity index is 629. The van der Waals surface area contributed by atoms with Crippen molar-refractivity contribution >= 4 is 29.1 Å². The van der Waals surface area contributed by atoms with E-state index < -0.39 is 6.09 Å². The van der Waals surface area contributed by atoms with Gasteiger partial charge in [-0.1, -0.05) is 11.6 Å². The second-order valence-electron chi connectivity index (χ2n) is 5.77. The monoisotopic (exact) mass is 320 g/mol. The van der Waals surface area contributed by atoms with Gasteiger partial charge >= 0.3 is 6.09 Å². The van der Waals surface area contributed by atoms with Crippen LogP contribution in [0.3, 0.4) is 0 Å². The Hall–Kier alpha value is -1.97. The highest BCUT2D eigenvalue weighted by atomic mass is 35.5. The first-order valence-corrected chi connectivity index (χ1v) is 7.68.